The van der Waals surface area contributed by atoms with E-state index in [1.807, 2.05) is 24.3 Å². The zero-order chi connectivity index (χ0) is 18.1. The topological polar surface area (TPSA) is 47.9 Å². The van der Waals surface area contributed by atoms with Crippen molar-refractivity contribution < 1.29 is 19.3 Å². The van der Waals surface area contributed by atoms with Gasteiger partial charge in [0.25, 0.3) is 0 Å². The van der Waals surface area contributed by atoms with Gasteiger partial charge in [-0.2, -0.15) is 0 Å². The molecule has 2 rings (SSSR count). The van der Waals surface area contributed by atoms with E-state index in [4.69, 9.17) is 19.3 Å². The molecule has 0 radical (unpaired) electrons. The van der Waals surface area contributed by atoms with Crippen LogP contribution in [0.5, 0.6) is 17.2 Å². The summed E-state index contributed by atoms with van der Waals surface area (Å²) in [5, 5.41) is 8.84. The number of benzene rings is 2. The second kappa shape index (κ2) is 9.27. The van der Waals surface area contributed by atoms with Gasteiger partial charge in [-0.25, -0.2) is 0 Å². The van der Waals surface area contributed by atoms with Gasteiger partial charge in [-0.1, -0.05) is 35.8 Å². The van der Waals surface area contributed by atoms with E-state index in [2.05, 4.69) is 23.7 Å². The van der Waals surface area contributed by atoms with Crippen molar-refractivity contribution in [1.29, 1.82) is 0 Å². The van der Waals surface area contributed by atoms with E-state index in [-0.39, 0.29) is 6.61 Å². The summed E-state index contributed by atoms with van der Waals surface area (Å²) in [5.41, 5.74) is 2.39. The molecule has 128 valence electrons. The fourth-order valence-electron chi connectivity index (χ4n) is 2.21. The Morgan fingerprint density at radius 1 is 0.840 bits per heavy atom. The Morgan fingerprint density at radius 2 is 1.44 bits per heavy atom. The first-order valence-corrected chi connectivity index (χ1v) is 7.74. The zero-order valence-electron chi connectivity index (χ0n) is 14.6. The molecule has 0 aromatic heterocycles. The molecule has 0 atom stereocenters. The first-order valence-electron chi connectivity index (χ1n) is 7.74. The first-order chi connectivity index (χ1) is 12.2. The SMILES string of the molecule is COc1cc(C#Cc2ccccc2C#CCCO)cc(OC)c1OC. The highest BCUT2D eigenvalue weighted by molar-refractivity contribution is 5.59. The Labute approximate surface area is 148 Å². The third-order valence-electron chi connectivity index (χ3n) is 3.39. The van der Waals surface area contributed by atoms with Crippen LogP contribution in [-0.2, 0) is 0 Å². The zero-order valence-corrected chi connectivity index (χ0v) is 14.6. The average molecular weight is 336 g/mol. The second-order valence-corrected chi connectivity index (χ2v) is 4.98. The maximum Gasteiger partial charge on any atom is 0.203 e. The largest absolute Gasteiger partial charge is 0.493 e. The van der Waals surface area contributed by atoms with Crippen LogP contribution in [0.15, 0.2) is 36.4 Å². The lowest BCUT2D eigenvalue weighted by atomic mass is 10.1. The lowest BCUT2D eigenvalue weighted by Crippen LogP contribution is -1.95. The molecule has 25 heavy (non-hydrogen) atoms. The van der Waals surface area contributed by atoms with Crippen molar-refractivity contribution in [1.82, 2.24) is 0 Å². The number of methoxy groups -OCH3 is 3. The van der Waals surface area contributed by atoms with Gasteiger partial charge in [-0.3, -0.25) is 0 Å². The molecule has 0 aliphatic heterocycles. The van der Waals surface area contributed by atoms with Crippen LogP contribution in [-0.4, -0.2) is 33.0 Å². The van der Waals surface area contributed by atoms with E-state index in [9.17, 15) is 0 Å². The monoisotopic (exact) mass is 336 g/mol. The summed E-state index contributed by atoms with van der Waals surface area (Å²) in [6, 6.07) is 11.2. The summed E-state index contributed by atoms with van der Waals surface area (Å²) in [4.78, 5) is 0. The van der Waals surface area contributed by atoms with Crippen LogP contribution >= 0.6 is 0 Å². The van der Waals surface area contributed by atoms with Gasteiger partial charge >= 0.3 is 0 Å². The molecule has 2 aromatic carbocycles. The second-order valence-electron chi connectivity index (χ2n) is 4.98. The molecule has 0 saturated heterocycles. The lowest BCUT2D eigenvalue weighted by molar-refractivity contribution is 0.305. The average Bonchev–Trinajstić information content (AvgIpc) is 2.66. The summed E-state index contributed by atoms with van der Waals surface area (Å²) >= 11 is 0. The molecular formula is C21H20O4. The van der Waals surface area contributed by atoms with Gasteiger partial charge in [0, 0.05) is 23.1 Å². The predicted molar refractivity (Wildman–Crippen MR) is 97.1 cm³/mol. The summed E-state index contributed by atoms with van der Waals surface area (Å²) in [6.45, 7) is 0.0479. The van der Waals surface area contributed by atoms with E-state index >= 15 is 0 Å². The molecule has 4 heteroatoms. The van der Waals surface area contributed by atoms with Crippen molar-refractivity contribution in [2.45, 2.75) is 6.42 Å². The third-order valence-corrected chi connectivity index (χ3v) is 3.39. The molecule has 1 N–H and O–H groups in total. The van der Waals surface area contributed by atoms with Crippen molar-refractivity contribution in [3.63, 3.8) is 0 Å². The van der Waals surface area contributed by atoms with Gasteiger partial charge in [-0.15, -0.1) is 0 Å². The van der Waals surface area contributed by atoms with Crippen LogP contribution in [0.25, 0.3) is 0 Å². The number of rotatable bonds is 4. The van der Waals surface area contributed by atoms with E-state index in [0.29, 0.717) is 23.7 Å². The molecule has 0 aliphatic carbocycles. The minimum absolute atomic E-state index is 0.0479. The van der Waals surface area contributed by atoms with E-state index in [1.54, 1.807) is 33.5 Å². The maximum atomic E-state index is 8.84. The van der Waals surface area contributed by atoms with Crippen molar-refractivity contribution in [3.8, 4) is 40.9 Å². The van der Waals surface area contributed by atoms with Gasteiger partial charge in [0.15, 0.2) is 11.5 Å². The number of hydrogen-bond donors (Lipinski definition) is 1. The van der Waals surface area contributed by atoms with Crippen LogP contribution in [0.4, 0.5) is 0 Å². The lowest BCUT2D eigenvalue weighted by Gasteiger charge is -2.12. The maximum absolute atomic E-state index is 8.84. The van der Waals surface area contributed by atoms with E-state index in [1.165, 1.54) is 0 Å². The molecule has 0 spiro atoms. The Hall–Kier alpha value is -3.08. The highest BCUT2D eigenvalue weighted by atomic mass is 16.5. The number of ether oxygens (including phenoxy) is 3. The van der Waals surface area contributed by atoms with Gasteiger partial charge in [-0.05, 0) is 24.3 Å². The molecule has 0 saturated carbocycles. The van der Waals surface area contributed by atoms with Crippen molar-refractivity contribution in [3.05, 3.63) is 53.1 Å². The number of aliphatic hydroxyl groups is 1. The van der Waals surface area contributed by atoms with Gasteiger partial charge < -0.3 is 19.3 Å². The summed E-state index contributed by atoms with van der Waals surface area (Å²) in [5.74, 6) is 13.8. The number of hydrogen-bond acceptors (Lipinski definition) is 4. The third kappa shape index (κ3) is 4.70. The molecule has 0 bridgehead atoms. The van der Waals surface area contributed by atoms with E-state index in [0.717, 1.165) is 16.7 Å². The van der Waals surface area contributed by atoms with Crippen LogP contribution in [0, 0.1) is 23.7 Å². The van der Waals surface area contributed by atoms with Gasteiger partial charge in [0.05, 0.1) is 27.9 Å². The van der Waals surface area contributed by atoms with Crippen LogP contribution < -0.4 is 14.2 Å². The standard InChI is InChI=1S/C21H20O4/c1-23-19-14-16(15-20(24-2)21(19)25-3)11-12-18-9-5-4-8-17(18)10-6-7-13-22/h4-5,8-9,14-15,22H,7,13H2,1-3H3. The van der Waals surface area contributed by atoms with Gasteiger partial charge in [0.1, 0.15) is 0 Å². The normalized spacial score (nSPS) is 9.28. The fourth-order valence-corrected chi connectivity index (χ4v) is 2.21. The van der Waals surface area contributed by atoms with Crippen molar-refractivity contribution in [2.75, 3.05) is 27.9 Å². The molecule has 0 amide bonds. The summed E-state index contributed by atoms with van der Waals surface area (Å²) in [7, 11) is 4.70. The Bertz CT molecular complexity index is 822. The minimum atomic E-state index is 0.0479. The minimum Gasteiger partial charge on any atom is -0.493 e. The summed E-state index contributed by atoms with van der Waals surface area (Å²) < 4.78 is 16.0. The fraction of sp³-hybridized carbons (Fsp3) is 0.238. The van der Waals surface area contributed by atoms with Crippen LogP contribution in [0.2, 0.25) is 0 Å². The Balaban J connectivity index is 2.41. The van der Waals surface area contributed by atoms with E-state index < -0.39 is 0 Å². The van der Waals surface area contributed by atoms with Crippen LogP contribution in [0.3, 0.4) is 0 Å². The highest BCUT2D eigenvalue weighted by Crippen LogP contribution is 2.37. The molecule has 0 heterocycles. The van der Waals surface area contributed by atoms with Crippen LogP contribution in [0.1, 0.15) is 23.1 Å². The molecule has 4 nitrogen and oxygen atoms in total. The predicted octanol–water partition coefficient (Wildman–Crippen LogP) is 2.85. The molecule has 0 unspecified atom stereocenters. The first kappa shape index (κ1) is 18.3. The molecule has 0 aliphatic rings. The molecule has 0 fully saturated rings. The number of aliphatic hydroxyl groups excluding tert-OH is 1. The Morgan fingerprint density at radius 3 is 1.96 bits per heavy atom. The molecule has 2 aromatic rings. The highest BCUT2D eigenvalue weighted by Gasteiger charge is 2.12. The van der Waals surface area contributed by atoms with Gasteiger partial charge in [0.2, 0.25) is 5.75 Å². The quantitative estimate of drug-likeness (QED) is 0.872. The summed E-state index contributed by atoms with van der Waals surface area (Å²) in [6.07, 6.45) is 0.439. The van der Waals surface area contributed by atoms with Crippen molar-refractivity contribution in [2.24, 2.45) is 0 Å². The van der Waals surface area contributed by atoms with Crippen molar-refractivity contribution >= 4 is 0 Å². The smallest absolute Gasteiger partial charge is 0.203 e. The Kier molecular flexibility index (Phi) is 6.77. The molecular weight excluding hydrogens is 316 g/mol.